The highest BCUT2D eigenvalue weighted by Gasteiger charge is 2.19. The van der Waals surface area contributed by atoms with Gasteiger partial charge in [-0.15, -0.1) is 0 Å². The topological polar surface area (TPSA) is 78.9 Å². The average Bonchev–Trinajstić information content (AvgIpc) is 3.28. The maximum Gasteiger partial charge on any atom is 0.306 e. The van der Waals surface area contributed by atoms with E-state index in [4.69, 9.17) is 14.2 Å². The van der Waals surface area contributed by atoms with E-state index in [-0.39, 0.29) is 31.1 Å². The molecule has 0 rings (SSSR count). The van der Waals surface area contributed by atoms with Crippen molar-refractivity contribution in [3.05, 3.63) is 85.1 Å². The molecule has 0 aromatic rings. The van der Waals surface area contributed by atoms with Crippen molar-refractivity contribution in [2.75, 3.05) is 13.2 Å². The predicted octanol–water partition coefficient (Wildman–Crippen LogP) is 17.2. The second-order valence-corrected chi connectivity index (χ2v) is 17.0. The molecule has 0 fully saturated rings. The minimum atomic E-state index is -0.795. The third-order valence-electron chi connectivity index (χ3n) is 10.9. The lowest BCUT2D eigenvalue weighted by Gasteiger charge is -2.18. The molecule has 63 heavy (non-hydrogen) atoms. The summed E-state index contributed by atoms with van der Waals surface area (Å²) in [5.41, 5.74) is 0. The lowest BCUT2D eigenvalue weighted by atomic mass is 10.1. The van der Waals surface area contributed by atoms with E-state index in [1.165, 1.54) is 70.6 Å². The molecular formula is C57H96O6. The quantitative estimate of drug-likeness (QED) is 0.0262. The van der Waals surface area contributed by atoms with Crippen LogP contribution in [0.5, 0.6) is 0 Å². The molecule has 1 unspecified atom stereocenters. The van der Waals surface area contributed by atoms with Gasteiger partial charge in [-0.05, 0) is 109 Å². The molecular weight excluding hydrogens is 781 g/mol. The third-order valence-corrected chi connectivity index (χ3v) is 10.9. The first-order valence-corrected chi connectivity index (χ1v) is 26.1. The maximum atomic E-state index is 12.8. The fraction of sp³-hybridized carbons (Fsp3) is 0.702. The van der Waals surface area contributed by atoms with Crippen LogP contribution in [0.3, 0.4) is 0 Å². The van der Waals surface area contributed by atoms with Crippen molar-refractivity contribution in [2.45, 2.75) is 245 Å². The van der Waals surface area contributed by atoms with Crippen molar-refractivity contribution < 1.29 is 28.6 Å². The van der Waals surface area contributed by atoms with Gasteiger partial charge in [0.2, 0.25) is 0 Å². The van der Waals surface area contributed by atoms with Crippen molar-refractivity contribution in [3.8, 4) is 0 Å². The summed E-state index contributed by atoms with van der Waals surface area (Å²) in [4.78, 5) is 38.0. The zero-order valence-electron chi connectivity index (χ0n) is 41.1. The molecule has 0 amide bonds. The Morgan fingerprint density at radius 1 is 0.333 bits per heavy atom. The van der Waals surface area contributed by atoms with Crippen molar-refractivity contribution in [2.24, 2.45) is 0 Å². The number of unbranched alkanes of at least 4 members (excludes halogenated alkanes) is 21. The first-order valence-electron chi connectivity index (χ1n) is 26.1. The largest absolute Gasteiger partial charge is 0.462 e. The van der Waals surface area contributed by atoms with Crippen molar-refractivity contribution >= 4 is 17.9 Å². The lowest BCUT2D eigenvalue weighted by molar-refractivity contribution is -0.167. The van der Waals surface area contributed by atoms with E-state index in [9.17, 15) is 14.4 Å². The SMILES string of the molecule is CC/C=C\C/C=C\C/C=C\CCCCCCCCC(=O)OCC(COC(=O)CCCCC/C=C\CCCCCCCC)OC(=O)CCCCCCCC/C=C\C/C=C\C/C=C\CC. The molecule has 0 N–H and O–H groups in total. The maximum absolute atomic E-state index is 12.8. The minimum absolute atomic E-state index is 0.0941. The number of carbonyl (C=O) groups excluding carboxylic acids is 3. The summed E-state index contributed by atoms with van der Waals surface area (Å²) in [6, 6.07) is 0. The van der Waals surface area contributed by atoms with E-state index in [1.54, 1.807) is 0 Å². The van der Waals surface area contributed by atoms with Crippen LogP contribution in [0.4, 0.5) is 0 Å². The molecule has 1 atom stereocenters. The van der Waals surface area contributed by atoms with Crippen LogP contribution in [0.15, 0.2) is 85.1 Å². The summed E-state index contributed by atoms with van der Waals surface area (Å²) in [7, 11) is 0. The summed E-state index contributed by atoms with van der Waals surface area (Å²) in [6.45, 7) is 6.37. The van der Waals surface area contributed by atoms with Crippen molar-refractivity contribution in [1.82, 2.24) is 0 Å². The van der Waals surface area contributed by atoms with Gasteiger partial charge in [0.25, 0.3) is 0 Å². The highest BCUT2D eigenvalue weighted by Crippen LogP contribution is 2.14. The molecule has 0 aromatic carbocycles. The zero-order chi connectivity index (χ0) is 45.8. The van der Waals surface area contributed by atoms with Gasteiger partial charge in [-0.3, -0.25) is 14.4 Å². The van der Waals surface area contributed by atoms with Crippen LogP contribution >= 0.6 is 0 Å². The standard InChI is InChI=1S/C57H96O6/c1-4-7-10-13-16-19-22-25-27-29-32-35-38-41-44-47-50-56(59)62-53-54(52-61-55(58)49-46-43-40-37-34-31-24-21-18-15-12-9-6-3)63-57(60)51-48-45-42-39-36-33-30-28-26-23-20-17-14-11-8-5-2/h7-8,10-11,16-17,19-20,25-28,31,34,54H,4-6,9,12-15,18,21-24,29-30,32-33,35-53H2,1-3H3/b10-7-,11-8-,19-16-,20-17-,27-25-,28-26-,34-31-. The third kappa shape index (κ3) is 49.5. The van der Waals surface area contributed by atoms with Crippen LogP contribution in [-0.2, 0) is 28.6 Å². The van der Waals surface area contributed by atoms with Crippen LogP contribution in [0.2, 0.25) is 0 Å². The molecule has 0 spiro atoms. The smallest absolute Gasteiger partial charge is 0.306 e. The number of ether oxygens (including phenoxy) is 3. The van der Waals surface area contributed by atoms with Gasteiger partial charge in [0, 0.05) is 19.3 Å². The van der Waals surface area contributed by atoms with E-state index >= 15 is 0 Å². The first kappa shape index (κ1) is 59.6. The Bertz CT molecular complexity index is 1240. The number of allylic oxidation sites excluding steroid dienone is 14. The van der Waals surface area contributed by atoms with Gasteiger partial charge in [-0.1, -0.05) is 196 Å². The molecule has 6 heteroatoms. The number of rotatable bonds is 46. The molecule has 0 aliphatic heterocycles. The van der Waals surface area contributed by atoms with Crippen molar-refractivity contribution in [3.63, 3.8) is 0 Å². The molecule has 0 aliphatic rings. The molecule has 0 aromatic heterocycles. The molecule has 0 saturated heterocycles. The van der Waals surface area contributed by atoms with Crippen LogP contribution < -0.4 is 0 Å². The van der Waals surface area contributed by atoms with E-state index in [2.05, 4.69) is 106 Å². The summed E-state index contributed by atoms with van der Waals surface area (Å²) in [5.74, 6) is -0.935. The Labute approximate surface area is 388 Å². The van der Waals surface area contributed by atoms with Crippen LogP contribution in [0.25, 0.3) is 0 Å². The van der Waals surface area contributed by atoms with Gasteiger partial charge in [0.05, 0.1) is 0 Å². The number of carbonyl (C=O) groups is 3. The second kappa shape index (κ2) is 51.2. The summed E-state index contributed by atoms with van der Waals surface area (Å²) < 4.78 is 16.8. The predicted molar refractivity (Wildman–Crippen MR) is 270 cm³/mol. The molecule has 0 bridgehead atoms. The van der Waals surface area contributed by atoms with Crippen molar-refractivity contribution in [1.29, 1.82) is 0 Å². The Balaban J connectivity index is 4.45. The summed E-state index contributed by atoms with van der Waals surface area (Å²) >= 11 is 0. The molecule has 0 radical (unpaired) electrons. The van der Waals surface area contributed by atoms with E-state index in [0.29, 0.717) is 19.3 Å². The Morgan fingerprint density at radius 2 is 0.619 bits per heavy atom. The van der Waals surface area contributed by atoms with Gasteiger partial charge in [0.1, 0.15) is 13.2 Å². The molecule has 0 aliphatic carbocycles. The first-order chi connectivity index (χ1) is 31.0. The molecule has 360 valence electrons. The summed E-state index contributed by atoms with van der Waals surface area (Å²) in [6.07, 6.45) is 65.6. The fourth-order valence-corrected chi connectivity index (χ4v) is 6.99. The lowest BCUT2D eigenvalue weighted by Crippen LogP contribution is -2.30. The van der Waals surface area contributed by atoms with Gasteiger partial charge in [-0.2, -0.15) is 0 Å². The number of hydrogen-bond acceptors (Lipinski definition) is 6. The molecule has 0 saturated carbocycles. The van der Waals surface area contributed by atoms with E-state index in [0.717, 1.165) is 128 Å². The van der Waals surface area contributed by atoms with E-state index in [1.807, 2.05) is 0 Å². The highest BCUT2D eigenvalue weighted by atomic mass is 16.6. The van der Waals surface area contributed by atoms with E-state index < -0.39 is 6.10 Å². The Kier molecular flexibility index (Phi) is 48.5. The minimum Gasteiger partial charge on any atom is -0.462 e. The summed E-state index contributed by atoms with van der Waals surface area (Å²) in [5, 5.41) is 0. The van der Waals surface area contributed by atoms with Gasteiger partial charge in [-0.25, -0.2) is 0 Å². The molecule has 6 nitrogen and oxygen atoms in total. The monoisotopic (exact) mass is 877 g/mol. The Hall–Kier alpha value is -3.41. The van der Waals surface area contributed by atoms with Crippen LogP contribution in [-0.4, -0.2) is 37.2 Å². The van der Waals surface area contributed by atoms with Gasteiger partial charge >= 0.3 is 17.9 Å². The number of esters is 3. The normalized spacial score (nSPS) is 12.7. The average molecular weight is 877 g/mol. The van der Waals surface area contributed by atoms with Gasteiger partial charge < -0.3 is 14.2 Å². The van der Waals surface area contributed by atoms with Gasteiger partial charge in [0.15, 0.2) is 6.10 Å². The number of hydrogen-bond donors (Lipinski definition) is 0. The highest BCUT2D eigenvalue weighted by molar-refractivity contribution is 5.71. The fourth-order valence-electron chi connectivity index (χ4n) is 6.99. The van der Waals surface area contributed by atoms with Crippen LogP contribution in [0.1, 0.15) is 239 Å². The Morgan fingerprint density at radius 3 is 1.00 bits per heavy atom. The molecule has 0 heterocycles. The zero-order valence-corrected chi connectivity index (χ0v) is 41.1. The van der Waals surface area contributed by atoms with Crippen LogP contribution in [0, 0.1) is 0 Å². The second-order valence-electron chi connectivity index (χ2n) is 17.0.